The number of thiocarbonyl (C=S) groups is 1. The number of hydrogen-bond acceptors (Lipinski definition) is 4. The molecule has 6 heteroatoms. The fourth-order valence-corrected chi connectivity index (χ4v) is 2.22. The molecular formula is C13H24N2O3S. The first kappa shape index (κ1) is 16.2. The Labute approximate surface area is 120 Å². The Bertz CT molecular complexity index is 350. The van der Waals surface area contributed by atoms with E-state index >= 15 is 0 Å². The molecule has 0 bridgehead atoms. The number of carbonyl (C=O) groups is 1. The summed E-state index contributed by atoms with van der Waals surface area (Å²) in [5, 5.41) is 5.96. The van der Waals surface area contributed by atoms with Crippen LogP contribution in [-0.2, 0) is 9.47 Å². The molecule has 1 amide bonds. The number of nitrogens with one attached hydrogen (secondary N) is 2. The molecular weight excluding hydrogens is 264 g/mol. The molecule has 1 atom stereocenters. The zero-order valence-corrected chi connectivity index (χ0v) is 13.1. The molecule has 0 aromatic heterocycles. The quantitative estimate of drug-likeness (QED) is 0.725. The van der Waals surface area contributed by atoms with E-state index < -0.39 is 11.7 Å². The van der Waals surface area contributed by atoms with Gasteiger partial charge in [-0.1, -0.05) is 0 Å². The van der Waals surface area contributed by atoms with Gasteiger partial charge in [-0.2, -0.15) is 0 Å². The minimum atomic E-state index is -0.531. The predicted molar refractivity (Wildman–Crippen MR) is 78.2 cm³/mol. The van der Waals surface area contributed by atoms with Crippen LogP contribution in [0.1, 0.15) is 47.5 Å². The van der Waals surface area contributed by atoms with Gasteiger partial charge < -0.3 is 14.8 Å². The molecule has 0 radical (unpaired) electrons. The van der Waals surface area contributed by atoms with Crippen molar-refractivity contribution in [1.29, 1.82) is 0 Å². The van der Waals surface area contributed by atoms with Crippen LogP contribution in [0.25, 0.3) is 0 Å². The van der Waals surface area contributed by atoms with Crippen LogP contribution in [0.4, 0.5) is 4.79 Å². The second kappa shape index (κ2) is 6.05. The fraction of sp³-hybridized carbons (Fsp3) is 0.846. The van der Waals surface area contributed by atoms with Crippen molar-refractivity contribution in [3.63, 3.8) is 0 Å². The SMILES string of the molecule is CC(C)(C)OC(=O)NC(=S)NC1CCOC(C)(C)C1. The number of carbonyl (C=O) groups excluding carboxylic acids is 1. The average Bonchev–Trinajstić information content (AvgIpc) is 2.11. The molecule has 1 heterocycles. The van der Waals surface area contributed by atoms with Crippen molar-refractivity contribution in [3.05, 3.63) is 0 Å². The zero-order valence-electron chi connectivity index (χ0n) is 12.3. The van der Waals surface area contributed by atoms with Crippen molar-refractivity contribution in [2.24, 2.45) is 0 Å². The highest BCUT2D eigenvalue weighted by Crippen LogP contribution is 2.23. The summed E-state index contributed by atoms with van der Waals surface area (Å²) in [4.78, 5) is 11.6. The van der Waals surface area contributed by atoms with E-state index in [1.54, 1.807) is 0 Å². The van der Waals surface area contributed by atoms with Gasteiger partial charge in [0.1, 0.15) is 5.60 Å². The highest BCUT2D eigenvalue weighted by Gasteiger charge is 2.29. The van der Waals surface area contributed by atoms with E-state index in [1.807, 2.05) is 34.6 Å². The normalized spacial score (nSPS) is 22.5. The molecule has 1 aliphatic heterocycles. The fourth-order valence-electron chi connectivity index (χ4n) is 1.97. The Kier molecular flexibility index (Phi) is 5.15. The van der Waals surface area contributed by atoms with E-state index in [0.29, 0.717) is 11.7 Å². The van der Waals surface area contributed by atoms with Crippen LogP contribution in [0.3, 0.4) is 0 Å². The standard InChI is InChI=1S/C13H24N2O3S/c1-12(2,3)18-11(16)15-10(19)14-9-6-7-17-13(4,5)8-9/h9H,6-8H2,1-5H3,(H2,14,15,16,19). The number of hydrogen-bond donors (Lipinski definition) is 2. The lowest BCUT2D eigenvalue weighted by Crippen LogP contribution is -2.50. The highest BCUT2D eigenvalue weighted by atomic mass is 32.1. The predicted octanol–water partition coefficient (Wildman–Crippen LogP) is 2.34. The van der Waals surface area contributed by atoms with E-state index in [4.69, 9.17) is 21.7 Å². The van der Waals surface area contributed by atoms with E-state index in [0.717, 1.165) is 12.8 Å². The molecule has 1 unspecified atom stereocenters. The summed E-state index contributed by atoms with van der Waals surface area (Å²) in [7, 11) is 0. The van der Waals surface area contributed by atoms with Crippen molar-refractivity contribution in [3.8, 4) is 0 Å². The lowest BCUT2D eigenvalue weighted by atomic mass is 9.94. The number of ether oxygens (including phenoxy) is 2. The molecule has 2 N–H and O–H groups in total. The molecule has 1 aliphatic rings. The molecule has 1 rings (SSSR count). The maximum Gasteiger partial charge on any atom is 0.413 e. The third-order valence-electron chi connectivity index (χ3n) is 2.65. The molecule has 0 spiro atoms. The van der Waals surface area contributed by atoms with Crippen molar-refractivity contribution in [1.82, 2.24) is 10.6 Å². The molecule has 1 saturated heterocycles. The third kappa shape index (κ3) is 6.73. The maximum absolute atomic E-state index is 11.6. The summed E-state index contributed by atoms with van der Waals surface area (Å²) < 4.78 is 10.8. The molecule has 0 aromatic rings. The Hall–Kier alpha value is -0.880. The number of rotatable bonds is 1. The second-order valence-corrected chi connectivity index (χ2v) is 6.81. The monoisotopic (exact) mass is 288 g/mol. The van der Waals surface area contributed by atoms with Gasteiger partial charge in [-0.25, -0.2) is 4.79 Å². The minimum Gasteiger partial charge on any atom is -0.444 e. The summed E-state index contributed by atoms with van der Waals surface area (Å²) in [5.41, 5.74) is -0.683. The first-order valence-corrected chi connectivity index (χ1v) is 6.93. The van der Waals surface area contributed by atoms with Gasteiger partial charge in [-0.05, 0) is 59.7 Å². The third-order valence-corrected chi connectivity index (χ3v) is 2.87. The van der Waals surface area contributed by atoms with Crippen LogP contribution < -0.4 is 10.6 Å². The summed E-state index contributed by atoms with van der Waals surface area (Å²) >= 11 is 5.11. The maximum atomic E-state index is 11.6. The lowest BCUT2D eigenvalue weighted by molar-refractivity contribution is -0.0604. The lowest BCUT2D eigenvalue weighted by Gasteiger charge is -2.36. The van der Waals surface area contributed by atoms with E-state index in [9.17, 15) is 4.79 Å². The average molecular weight is 288 g/mol. The highest BCUT2D eigenvalue weighted by molar-refractivity contribution is 7.80. The Morgan fingerprint density at radius 1 is 1.42 bits per heavy atom. The molecule has 19 heavy (non-hydrogen) atoms. The molecule has 0 aromatic carbocycles. The molecule has 1 fully saturated rings. The van der Waals surface area contributed by atoms with E-state index in [-0.39, 0.29) is 11.6 Å². The summed E-state index contributed by atoms with van der Waals surface area (Å²) in [5.74, 6) is 0. The van der Waals surface area contributed by atoms with Gasteiger partial charge in [0.05, 0.1) is 5.60 Å². The topological polar surface area (TPSA) is 59.6 Å². The van der Waals surface area contributed by atoms with Crippen LogP contribution in [0.2, 0.25) is 0 Å². The summed E-state index contributed by atoms with van der Waals surface area (Å²) in [6.07, 6.45) is 1.19. The van der Waals surface area contributed by atoms with Crippen molar-refractivity contribution < 1.29 is 14.3 Å². The summed E-state index contributed by atoms with van der Waals surface area (Å²) in [6.45, 7) is 10.2. The number of alkyl carbamates (subject to hydrolysis) is 1. The van der Waals surface area contributed by atoms with Crippen LogP contribution in [0.15, 0.2) is 0 Å². The van der Waals surface area contributed by atoms with Crippen LogP contribution in [-0.4, -0.2) is 35.1 Å². The molecule has 5 nitrogen and oxygen atoms in total. The van der Waals surface area contributed by atoms with Gasteiger partial charge in [0.15, 0.2) is 5.11 Å². The van der Waals surface area contributed by atoms with Crippen molar-refractivity contribution >= 4 is 23.4 Å². The first-order valence-electron chi connectivity index (χ1n) is 6.52. The second-order valence-electron chi connectivity index (χ2n) is 6.40. The van der Waals surface area contributed by atoms with Gasteiger partial charge in [0.25, 0.3) is 0 Å². The van der Waals surface area contributed by atoms with E-state index in [2.05, 4.69) is 10.6 Å². The Morgan fingerprint density at radius 3 is 2.58 bits per heavy atom. The van der Waals surface area contributed by atoms with E-state index in [1.165, 1.54) is 0 Å². The van der Waals surface area contributed by atoms with Gasteiger partial charge in [0, 0.05) is 12.6 Å². The van der Waals surface area contributed by atoms with Crippen LogP contribution in [0.5, 0.6) is 0 Å². The van der Waals surface area contributed by atoms with Gasteiger partial charge in [-0.15, -0.1) is 0 Å². The summed E-state index contributed by atoms with van der Waals surface area (Å²) in [6, 6.07) is 0.214. The van der Waals surface area contributed by atoms with Crippen LogP contribution in [0, 0.1) is 0 Å². The van der Waals surface area contributed by atoms with Crippen molar-refractivity contribution in [2.45, 2.75) is 64.7 Å². The smallest absolute Gasteiger partial charge is 0.413 e. The Morgan fingerprint density at radius 2 is 2.05 bits per heavy atom. The van der Waals surface area contributed by atoms with Crippen molar-refractivity contribution in [2.75, 3.05) is 6.61 Å². The molecule has 110 valence electrons. The first-order chi connectivity index (χ1) is 8.57. The molecule has 0 saturated carbocycles. The van der Waals surface area contributed by atoms with Gasteiger partial charge in [0.2, 0.25) is 0 Å². The largest absolute Gasteiger partial charge is 0.444 e. The van der Waals surface area contributed by atoms with Gasteiger partial charge >= 0.3 is 6.09 Å². The van der Waals surface area contributed by atoms with Crippen LogP contribution >= 0.6 is 12.2 Å². The zero-order chi connectivity index (χ0) is 14.7. The minimum absolute atomic E-state index is 0.155. The Balaban J connectivity index is 2.37. The number of amides is 1. The molecule has 0 aliphatic carbocycles. The van der Waals surface area contributed by atoms with Gasteiger partial charge in [-0.3, -0.25) is 5.32 Å².